The summed E-state index contributed by atoms with van der Waals surface area (Å²) in [4.78, 5) is 6.45. The number of alkyl halides is 1. The largest absolute Gasteiger partial charge is 0.308 e. The van der Waals surface area contributed by atoms with Gasteiger partial charge in [0, 0.05) is 36.6 Å². The predicted octanol–water partition coefficient (Wildman–Crippen LogP) is 3.27. The number of rotatable bonds is 7. The van der Waals surface area contributed by atoms with Crippen LogP contribution >= 0.6 is 11.3 Å². The summed E-state index contributed by atoms with van der Waals surface area (Å²) in [5.74, 6) is 0. The highest BCUT2D eigenvalue weighted by molar-refractivity contribution is 7.15. The van der Waals surface area contributed by atoms with Gasteiger partial charge in [-0.15, -0.1) is 11.3 Å². The zero-order valence-corrected chi connectivity index (χ0v) is 12.9. The maximum absolute atomic E-state index is 12.3. The molecular formula is C16H17FN4S. The predicted molar refractivity (Wildman–Crippen MR) is 86.3 cm³/mol. The molecule has 6 heteroatoms. The molecule has 0 radical (unpaired) electrons. The minimum absolute atomic E-state index is 0.310. The monoisotopic (exact) mass is 316 g/mol. The fourth-order valence-corrected chi connectivity index (χ4v) is 3.09. The molecule has 0 aliphatic rings. The summed E-state index contributed by atoms with van der Waals surface area (Å²) in [7, 11) is 0. The van der Waals surface area contributed by atoms with Crippen molar-refractivity contribution in [2.45, 2.75) is 19.6 Å². The number of hydrogen-bond donors (Lipinski definition) is 1. The molecular weight excluding hydrogens is 299 g/mol. The van der Waals surface area contributed by atoms with Gasteiger partial charge in [0.15, 0.2) is 0 Å². The second-order valence-electron chi connectivity index (χ2n) is 4.88. The molecule has 0 aliphatic heterocycles. The second-order valence-corrected chi connectivity index (χ2v) is 6.05. The Hall–Kier alpha value is -2.05. The van der Waals surface area contributed by atoms with E-state index in [1.165, 1.54) is 10.4 Å². The molecule has 114 valence electrons. The Morgan fingerprint density at radius 1 is 1.18 bits per heavy atom. The van der Waals surface area contributed by atoms with E-state index in [1.807, 2.05) is 24.5 Å². The lowest BCUT2D eigenvalue weighted by molar-refractivity contribution is 0.427. The lowest BCUT2D eigenvalue weighted by Crippen LogP contribution is -2.11. The molecule has 0 atom stereocenters. The number of hydrogen-bond acceptors (Lipinski definition) is 4. The van der Waals surface area contributed by atoms with E-state index >= 15 is 0 Å². The Bertz CT molecular complexity index is 708. The summed E-state index contributed by atoms with van der Waals surface area (Å²) in [5, 5.41) is 7.77. The third-order valence-corrected chi connectivity index (χ3v) is 4.33. The van der Waals surface area contributed by atoms with E-state index in [-0.39, 0.29) is 0 Å². The highest BCUT2D eigenvalue weighted by Gasteiger charge is 2.06. The fraction of sp³-hybridized carbons (Fsp3) is 0.250. The van der Waals surface area contributed by atoms with E-state index in [0.717, 1.165) is 23.7 Å². The normalized spacial score (nSPS) is 11.0. The molecule has 0 saturated carbocycles. The molecule has 3 rings (SSSR count). The van der Waals surface area contributed by atoms with Crippen LogP contribution in [0, 0.1) is 0 Å². The van der Waals surface area contributed by atoms with E-state index in [1.54, 1.807) is 22.2 Å². The average molecular weight is 316 g/mol. The van der Waals surface area contributed by atoms with Crippen LogP contribution in [0.4, 0.5) is 4.39 Å². The maximum Gasteiger partial charge on any atom is 0.109 e. The lowest BCUT2D eigenvalue weighted by Gasteiger charge is -2.02. The molecule has 4 nitrogen and oxygen atoms in total. The molecule has 0 amide bonds. The number of aromatic nitrogens is 3. The van der Waals surface area contributed by atoms with E-state index < -0.39 is 6.67 Å². The summed E-state index contributed by atoms with van der Waals surface area (Å²) in [6.07, 6.45) is 5.45. The van der Waals surface area contributed by atoms with Crippen LogP contribution < -0.4 is 5.32 Å². The van der Waals surface area contributed by atoms with Gasteiger partial charge in [0.1, 0.15) is 12.4 Å². The third kappa shape index (κ3) is 3.78. The van der Waals surface area contributed by atoms with Crippen molar-refractivity contribution in [1.29, 1.82) is 0 Å². The molecule has 0 spiro atoms. The minimum Gasteiger partial charge on any atom is -0.308 e. The van der Waals surface area contributed by atoms with Gasteiger partial charge < -0.3 is 5.32 Å². The van der Waals surface area contributed by atoms with E-state index in [9.17, 15) is 4.39 Å². The standard InChI is InChI=1S/C16H17FN4S/c17-6-9-21-8-5-15(20-21)16-4-3-14(22-16)12-19-11-13-2-1-7-18-10-13/h1-5,7-8,10,19H,6,9,11-12H2. The maximum atomic E-state index is 12.3. The molecule has 0 aromatic carbocycles. The first-order valence-corrected chi connectivity index (χ1v) is 7.95. The summed E-state index contributed by atoms with van der Waals surface area (Å²) in [6, 6.07) is 10.1. The Balaban J connectivity index is 1.56. The van der Waals surface area contributed by atoms with Crippen molar-refractivity contribution in [2.24, 2.45) is 0 Å². The van der Waals surface area contributed by atoms with Gasteiger partial charge in [-0.25, -0.2) is 4.39 Å². The van der Waals surface area contributed by atoms with Crippen LogP contribution in [-0.2, 0) is 19.6 Å². The van der Waals surface area contributed by atoms with Crippen LogP contribution in [0.3, 0.4) is 0 Å². The Labute approximate surface area is 132 Å². The first kappa shape index (κ1) is 14.9. The minimum atomic E-state index is -0.394. The highest BCUT2D eigenvalue weighted by Crippen LogP contribution is 2.26. The molecule has 0 aliphatic carbocycles. The lowest BCUT2D eigenvalue weighted by atomic mass is 10.3. The number of nitrogens with zero attached hydrogens (tertiary/aromatic N) is 3. The third-order valence-electron chi connectivity index (χ3n) is 3.22. The number of thiophene rings is 1. The van der Waals surface area contributed by atoms with Crippen molar-refractivity contribution in [2.75, 3.05) is 6.67 Å². The van der Waals surface area contributed by atoms with Gasteiger partial charge in [-0.3, -0.25) is 9.67 Å². The Morgan fingerprint density at radius 2 is 2.14 bits per heavy atom. The number of halogens is 1. The van der Waals surface area contributed by atoms with Crippen LogP contribution in [0.2, 0.25) is 0 Å². The zero-order valence-electron chi connectivity index (χ0n) is 12.1. The molecule has 0 unspecified atom stereocenters. The van der Waals surface area contributed by atoms with Crippen molar-refractivity contribution < 1.29 is 4.39 Å². The molecule has 22 heavy (non-hydrogen) atoms. The van der Waals surface area contributed by atoms with E-state index in [2.05, 4.69) is 33.6 Å². The van der Waals surface area contributed by atoms with Crippen LogP contribution in [0.1, 0.15) is 10.4 Å². The van der Waals surface area contributed by atoms with Gasteiger partial charge in [-0.2, -0.15) is 5.10 Å². The van der Waals surface area contributed by atoms with Crippen molar-refractivity contribution in [3.05, 3.63) is 59.4 Å². The Kier molecular flexibility index (Phi) is 4.92. The van der Waals surface area contributed by atoms with Crippen LogP contribution in [0.15, 0.2) is 48.9 Å². The summed E-state index contributed by atoms with van der Waals surface area (Å²) >= 11 is 1.70. The average Bonchev–Trinajstić information content (AvgIpc) is 3.18. The van der Waals surface area contributed by atoms with Gasteiger partial charge in [-0.1, -0.05) is 6.07 Å². The fourth-order valence-electron chi connectivity index (χ4n) is 2.15. The molecule has 0 saturated heterocycles. The van der Waals surface area contributed by atoms with Crippen molar-refractivity contribution in [3.8, 4) is 10.6 Å². The zero-order chi connectivity index (χ0) is 15.2. The van der Waals surface area contributed by atoms with Crippen molar-refractivity contribution in [1.82, 2.24) is 20.1 Å². The summed E-state index contributed by atoms with van der Waals surface area (Å²) in [5.41, 5.74) is 2.07. The summed E-state index contributed by atoms with van der Waals surface area (Å²) in [6.45, 7) is 1.52. The van der Waals surface area contributed by atoms with Crippen LogP contribution in [-0.4, -0.2) is 21.4 Å². The molecule has 0 fully saturated rings. The van der Waals surface area contributed by atoms with Gasteiger partial charge in [-0.05, 0) is 29.8 Å². The molecule has 3 aromatic rings. The number of nitrogens with one attached hydrogen (secondary N) is 1. The van der Waals surface area contributed by atoms with Gasteiger partial charge in [0.2, 0.25) is 0 Å². The van der Waals surface area contributed by atoms with Crippen LogP contribution in [0.25, 0.3) is 10.6 Å². The van der Waals surface area contributed by atoms with Crippen molar-refractivity contribution in [3.63, 3.8) is 0 Å². The first-order chi connectivity index (χ1) is 10.8. The molecule has 3 aromatic heterocycles. The van der Waals surface area contributed by atoms with Gasteiger partial charge in [0.05, 0.1) is 11.4 Å². The van der Waals surface area contributed by atoms with E-state index in [0.29, 0.717) is 6.54 Å². The van der Waals surface area contributed by atoms with Gasteiger partial charge >= 0.3 is 0 Å². The second kappa shape index (κ2) is 7.29. The molecule has 0 bridgehead atoms. The molecule has 1 N–H and O–H groups in total. The number of aryl methyl sites for hydroxylation is 1. The number of pyridine rings is 1. The smallest absolute Gasteiger partial charge is 0.109 e. The first-order valence-electron chi connectivity index (χ1n) is 7.13. The highest BCUT2D eigenvalue weighted by atomic mass is 32.1. The summed E-state index contributed by atoms with van der Waals surface area (Å²) < 4.78 is 13.9. The quantitative estimate of drug-likeness (QED) is 0.727. The van der Waals surface area contributed by atoms with Gasteiger partial charge in [0.25, 0.3) is 0 Å². The van der Waals surface area contributed by atoms with Crippen molar-refractivity contribution >= 4 is 11.3 Å². The SMILES string of the molecule is FCCn1ccc(-c2ccc(CNCc3cccnc3)s2)n1. The van der Waals surface area contributed by atoms with E-state index in [4.69, 9.17) is 0 Å². The Morgan fingerprint density at radius 3 is 2.95 bits per heavy atom. The topological polar surface area (TPSA) is 42.7 Å². The molecule has 3 heterocycles. The van der Waals surface area contributed by atoms with Crippen LogP contribution in [0.5, 0.6) is 0 Å².